The van der Waals surface area contributed by atoms with Crippen molar-refractivity contribution >= 4 is 71.2 Å². The molecule has 0 radical (unpaired) electrons. The number of para-hydroxylation sites is 2. The lowest BCUT2D eigenvalue weighted by Gasteiger charge is -2.34. The predicted molar refractivity (Wildman–Crippen MR) is 226 cm³/mol. The van der Waals surface area contributed by atoms with Crippen LogP contribution >= 0.6 is 0 Å². The van der Waals surface area contributed by atoms with E-state index in [4.69, 9.17) is 0 Å². The van der Waals surface area contributed by atoms with Gasteiger partial charge in [-0.15, -0.1) is 0 Å². The predicted octanol–water partition coefficient (Wildman–Crippen LogP) is 14.0. The molecular weight excluding hydrogens is 641 g/mol. The van der Waals surface area contributed by atoms with Gasteiger partial charge in [-0.1, -0.05) is 135 Å². The maximum Gasteiger partial charge on any atom is 0.0582 e. The van der Waals surface area contributed by atoms with Crippen molar-refractivity contribution < 1.29 is 0 Å². The Bertz CT molecular complexity index is 3030. The zero-order valence-electron chi connectivity index (χ0n) is 29.7. The van der Waals surface area contributed by atoms with Gasteiger partial charge in [0.25, 0.3) is 0 Å². The van der Waals surface area contributed by atoms with E-state index in [1.807, 2.05) is 0 Å². The summed E-state index contributed by atoms with van der Waals surface area (Å²) >= 11 is 0. The highest BCUT2D eigenvalue weighted by atomic mass is 15.1. The molecular formula is C51H36N2. The highest BCUT2D eigenvalue weighted by Gasteiger charge is 2.34. The van der Waals surface area contributed by atoms with E-state index in [1.165, 1.54) is 82.1 Å². The fraction of sp³-hybridized carbons (Fsp3) is 0.0588. The van der Waals surface area contributed by atoms with Crippen molar-refractivity contribution in [3.63, 3.8) is 0 Å². The number of benzene rings is 9. The quantitative estimate of drug-likeness (QED) is 0.180. The second-order valence-electron chi connectivity index (χ2n) is 15.1. The molecule has 11 rings (SSSR count). The highest BCUT2D eigenvalue weighted by molar-refractivity contribution is 6.13. The summed E-state index contributed by atoms with van der Waals surface area (Å²) in [6, 6.07) is 67.3. The van der Waals surface area contributed by atoms with Crippen LogP contribution in [-0.4, -0.2) is 4.57 Å². The van der Waals surface area contributed by atoms with E-state index in [0.29, 0.717) is 0 Å². The van der Waals surface area contributed by atoms with Gasteiger partial charge in [0.05, 0.1) is 16.7 Å². The smallest absolute Gasteiger partial charge is 0.0582 e. The summed E-state index contributed by atoms with van der Waals surface area (Å²) in [7, 11) is 0. The molecule has 2 heteroatoms. The van der Waals surface area contributed by atoms with Crippen molar-refractivity contribution in [3.8, 4) is 16.8 Å². The van der Waals surface area contributed by atoms with Crippen LogP contribution in [-0.2, 0) is 5.41 Å². The Morgan fingerprint density at radius 2 is 0.906 bits per heavy atom. The molecule has 0 saturated carbocycles. The number of rotatable bonds is 4. The molecule has 0 unspecified atom stereocenters. The summed E-state index contributed by atoms with van der Waals surface area (Å²) in [5, 5.41) is 9.99. The number of nitrogens with zero attached hydrogens (tertiary/aromatic N) is 2. The molecule has 0 amide bonds. The van der Waals surface area contributed by atoms with Crippen LogP contribution in [0.1, 0.15) is 25.0 Å². The first-order valence-corrected chi connectivity index (χ1v) is 18.5. The lowest BCUT2D eigenvalue weighted by atomic mass is 9.75. The van der Waals surface area contributed by atoms with Gasteiger partial charge >= 0.3 is 0 Å². The molecule has 0 saturated heterocycles. The third kappa shape index (κ3) is 4.52. The minimum absolute atomic E-state index is 0.0707. The Balaban J connectivity index is 1.03. The van der Waals surface area contributed by atoms with Crippen molar-refractivity contribution in [2.24, 2.45) is 0 Å². The largest absolute Gasteiger partial charge is 0.310 e. The fourth-order valence-corrected chi connectivity index (χ4v) is 8.98. The topological polar surface area (TPSA) is 8.17 Å². The lowest BCUT2D eigenvalue weighted by molar-refractivity contribution is 0.630. The summed E-state index contributed by atoms with van der Waals surface area (Å²) in [5.41, 5.74) is 12.4. The van der Waals surface area contributed by atoms with Crippen molar-refractivity contribution in [1.29, 1.82) is 0 Å². The number of hydrogen-bond donors (Lipinski definition) is 0. The molecule has 0 N–H and O–H groups in total. The monoisotopic (exact) mass is 676 g/mol. The van der Waals surface area contributed by atoms with E-state index in [0.717, 1.165) is 17.1 Å². The van der Waals surface area contributed by atoms with Crippen LogP contribution < -0.4 is 4.90 Å². The Kier molecular flexibility index (Phi) is 6.33. The average Bonchev–Trinajstić information content (AvgIpc) is 3.54. The zero-order chi connectivity index (χ0) is 35.3. The first kappa shape index (κ1) is 30.0. The number of aromatic nitrogens is 1. The average molecular weight is 677 g/mol. The van der Waals surface area contributed by atoms with Gasteiger partial charge in [0.2, 0.25) is 0 Å². The lowest BCUT2D eigenvalue weighted by Crippen LogP contribution is -2.26. The normalized spacial score (nSPS) is 13.2. The summed E-state index contributed by atoms with van der Waals surface area (Å²) in [6.45, 7) is 4.72. The van der Waals surface area contributed by atoms with Crippen LogP contribution in [0.25, 0.3) is 70.9 Å². The molecule has 0 fully saturated rings. The zero-order valence-corrected chi connectivity index (χ0v) is 29.7. The molecule has 10 aromatic rings. The minimum atomic E-state index is -0.0707. The van der Waals surface area contributed by atoms with Crippen molar-refractivity contribution in [2.75, 3.05) is 4.90 Å². The standard InChI is InChI=1S/C51H36N2/c1-51(2)46-15-7-8-17-49(46)53-48-27-23-40(32-45(48)44-14-9-16-47(51)50(44)53)37-18-19-39-31-43(26-22-38(39)28-37)52(41-24-20-33-10-3-5-12-35(33)29-41)42-25-21-34-11-4-6-13-36(34)30-42/h3-32H,1-2H3. The van der Waals surface area contributed by atoms with Gasteiger partial charge in [0, 0.05) is 33.2 Å². The second-order valence-corrected chi connectivity index (χ2v) is 15.1. The molecule has 250 valence electrons. The van der Waals surface area contributed by atoms with E-state index < -0.39 is 0 Å². The molecule has 9 aromatic carbocycles. The molecule has 0 bridgehead atoms. The van der Waals surface area contributed by atoms with Crippen molar-refractivity contribution in [2.45, 2.75) is 19.3 Å². The first-order valence-electron chi connectivity index (χ1n) is 18.5. The summed E-state index contributed by atoms with van der Waals surface area (Å²) in [4.78, 5) is 2.39. The maximum absolute atomic E-state index is 2.49. The molecule has 1 aromatic heterocycles. The van der Waals surface area contributed by atoms with Crippen LogP contribution in [0.5, 0.6) is 0 Å². The van der Waals surface area contributed by atoms with Crippen LogP contribution in [0.2, 0.25) is 0 Å². The third-order valence-electron chi connectivity index (χ3n) is 11.7. The van der Waals surface area contributed by atoms with Gasteiger partial charge in [-0.3, -0.25) is 0 Å². The van der Waals surface area contributed by atoms with Gasteiger partial charge in [-0.2, -0.15) is 0 Å². The van der Waals surface area contributed by atoms with Crippen molar-refractivity contribution in [3.05, 3.63) is 193 Å². The summed E-state index contributed by atoms with van der Waals surface area (Å²) in [5.74, 6) is 0. The number of fused-ring (bicyclic) bond motifs is 8. The van der Waals surface area contributed by atoms with E-state index >= 15 is 0 Å². The molecule has 0 spiro atoms. The number of hydrogen-bond acceptors (Lipinski definition) is 1. The molecule has 2 nitrogen and oxygen atoms in total. The fourth-order valence-electron chi connectivity index (χ4n) is 8.98. The minimum Gasteiger partial charge on any atom is -0.310 e. The summed E-state index contributed by atoms with van der Waals surface area (Å²) < 4.78 is 2.49. The van der Waals surface area contributed by atoms with Crippen LogP contribution in [0, 0.1) is 0 Å². The van der Waals surface area contributed by atoms with Gasteiger partial charge in [0.15, 0.2) is 0 Å². The first-order chi connectivity index (χ1) is 26.0. The second kappa shape index (κ2) is 11.2. The van der Waals surface area contributed by atoms with E-state index in [2.05, 4.69) is 205 Å². The van der Waals surface area contributed by atoms with Gasteiger partial charge < -0.3 is 9.47 Å². The Morgan fingerprint density at radius 3 is 1.60 bits per heavy atom. The van der Waals surface area contributed by atoms with Crippen LogP contribution in [0.15, 0.2) is 182 Å². The van der Waals surface area contributed by atoms with E-state index in [9.17, 15) is 0 Å². The Labute approximate surface area is 308 Å². The SMILES string of the molecule is CC1(C)c2ccccc2-n2c3ccc(-c4ccc5cc(N(c6ccc7ccccc7c6)c6ccc7ccccc7c6)ccc5c4)cc3c3cccc1c32. The number of anilines is 3. The van der Waals surface area contributed by atoms with Crippen LogP contribution in [0.3, 0.4) is 0 Å². The molecule has 2 heterocycles. The van der Waals surface area contributed by atoms with Crippen LogP contribution in [0.4, 0.5) is 17.1 Å². The maximum atomic E-state index is 2.49. The Hall–Kier alpha value is -6.64. The Morgan fingerprint density at radius 1 is 0.396 bits per heavy atom. The molecule has 1 aliphatic rings. The van der Waals surface area contributed by atoms with Gasteiger partial charge in [0.1, 0.15) is 0 Å². The van der Waals surface area contributed by atoms with E-state index in [1.54, 1.807) is 0 Å². The molecule has 53 heavy (non-hydrogen) atoms. The highest BCUT2D eigenvalue weighted by Crippen LogP contribution is 2.48. The van der Waals surface area contributed by atoms with Gasteiger partial charge in [-0.25, -0.2) is 0 Å². The third-order valence-corrected chi connectivity index (χ3v) is 11.7. The molecule has 0 atom stereocenters. The molecule has 1 aliphatic heterocycles. The summed E-state index contributed by atoms with van der Waals surface area (Å²) in [6.07, 6.45) is 0. The van der Waals surface area contributed by atoms with E-state index in [-0.39, 0.29) is 5.41 Å². The molecule has 0 aliphatic carbocycles. The van der Waals surface area contributed by atoms with Crippen molar-refractivity contribution in [1.82, 2.24) is 4.57 Å². The van der Waals surface area contributed by atoms with Gasteiger partial charge in [-0.05, 0) is 115 Å².